The lowest BCUT2D eigenvalue weighted by molar-refractivity contribution is -0.0942. The fourth-order valence-corrected chi connectivity index (χ4v) is 2.34. The highest BCUT2D eigenvalue weighted by Gasteiger charge is 2.28. The van der Waals surface area contributed by atoms with Crippen LogP contribution in [-0.4, -0.2) is 58.8 Å². The van der Waals surface area contributed by atoms with Crippen LogP contribution >= 0.6 is 0 Å². The summed E-state index contributed by atoms with van der Waals surface area (Å²) in [7, 11) is 3.07. The van der Waals surface area contributed by atoms with Crippen LogP contribution in [0.2, 0.25) is 0 Å². The minimum Gasteiger partial charge on any atom is -0.479 e. The molecule has 9 nitrogen and oxygen atoms in total. The van der Waals surface area contributed by atoms with Crippen molar-refractivity contribution in [2.45, 2.75) is 13.0 Å². The van der Waals surface area contributed by atoms with Gasteiger partial charge in [0.25, 0.3) is 0 Å². The van der Waals surface area contributed by atoms with E-state index in [0.717, 1.165) is 0 Å². The molecule has 1 fully saturated rings. The summed E-state index contributed by atoms with van der Waals surface area (Å²) in [6.07, 6.45) is 1.06. The van der Waals surface area contributed by atoms with E-state index in [1.165, 1.54) is 20.5 Å². The van der Waals surface area contributed by atoms with Crippen molar-refractivity contribution in [3.05, 3.63) is 18.0 Å². The largest absolute Gasteiger partial charge is 0.479 e. The van der Waals surface area contributed by atoms with Gasteiger partial charge in [-0.05, 0) is 6.92 Å². The maximum Gasteiger partial charge on any atom is 0.245 e. The summed E-state index contributed by atoms with van der Waals surface area (Å²) in [4.78, 5) is 8.25. The number of nitrogens with zero attached hydrogens (tertiary/aromatic N) is 5. The van der Waals surface area contributed by atoms with Gasteiger partial charge in [0.1, 0.15) is 18.3 Å². The second kappa shape index (κ2) is 6.24. The minimum absolute atomic E-state index is 0.315. The van der Waals surface area contributed by atoms with Crippen LogP contribution in [0.5, 0.6) is 11.8 Å². The van der Waals surface area contributed by atoms with Gasteiger partial charge < -0.3 is 18.9 Å². The molecule has 0 aliphatic carbocycles. The van der Waals surface area contributed by atoms with E-state index in [-0.39, 0.29) is 6.10 Å². The van der Waals surface area contributed by atoms with E-state index in [1.54, 1.807) is 4.57 Å². The molecule has 0 bridgehead atoms. The Morgan fingerprint density at radius 3 is 2.45 bits per heavy atom. The molecule has 2 aromatic rings. The van der Waals surface area contributed by atoms with E-state index in [2.05, 4.69) is 20.2 Å². The lowest BCUT2D eigenvalue weighted by Gasteiger charge is -2.23. The van der Waals surface area contributed by atoms with Crippen LogP contribution in [0.3, 0.4) is 0 Å². The van der Waals surface area contributed by atoms with E-state index in [0.29, 0.717) is 48.9 Å². The molecule has 2 aromatic heterocycles. The van der Waals surface area contributed by atoms with Crippen LogP contribution in [0.4, 0.5) is 0 Å². The number of hydrogen-bond donors (Lipinski definition) is 0. The topological polar surface area (TPSA) is 93.4 Å². The molecule has 118 valence electrons. The molecule has 3 heterocycles. The lowest BCUT2D eigenvalue weighted by Crippen LogP contribution is -2.25. The zero-order valence-electron chi connectivity index (χ0n) is 12.6. The molecule has 1 aliphatic rings. The molecule has 0 aromatic carbocycles. The highest BCUT2D eigenvalue weighted by atomic mass is 16.6. The van der Waals surface area contributed by atoms with Crippen LogP contribution in [-0.2, 0) is 9.47 Å². The Kier molecular flexibility index (Phi) is 4.16. The average molecular weight is 307 g/mol. The Labute approximate surface area is 127 Å². The van der Waals surface area contributed by atoms with Crippen molar-refractivity contribution >= 4 is 0 Å². The first-order chi connectivity index (χ1) is 10.8. The van der Waals surface area contributed by atoms with Gasteiger partial charge in [0.05, 0.1) is 34.0 Å². The number of methoxy groups -OCH3 is 2. The zero-order valence-corrected chi connectivity index (χ0v) is 12.6. The third kappa shape index (κ3) is 2.48. The molecule has 1 saturated heterocycles. The quantitative estimate of drug-likeness (QED) is 0.804. The Morgan fingerprint density at radius 2 is 1.86 bits per heavy atom. The van der Waals surface area contributed by atoms with Gasteiger partial charge in [0.2, 0.25) is 11.8 Å². The van der Waals surface area contributed by atoms with Crippen molar-refractivity contribution in [1.29, 1.82) is 0 Å². The number of hydrogen-bond acceptors (Lipinski definition) is 8. The summed E-state index contributed by atoms with van der Waals surface area (Å²) in [5, 5.41) is 8.34. The molecular weight excluding hydrogens is 290 g/mol. The molecule has 1 atom stereocenters. The molecule has 9 heteroatoms. The Balaban J connectivity index is 2.14. The molecule has 0 N–H and O–H groups in total. The summed E-state index contributed by atoms with van der Waals surface area (Å²) in [6.45, 7) is 3.32. The van der Waals surface area contributed by atoms with Gasteiger partial charge in [0.15, 0.2) is 11.5 Å². The molecular formula is C13H17N5O4. The molecule has 0 spiro atoms. The van der Waals surface area contributed by atoms with Gasteiger partial charge in [-0.15, -0.1) is 10.2 Å². The second-order valence-electron chi connectivity index (χ2n) is 4.62. The third-order valence-electron chi connectivity index (χ3n) is 3.32. The SMILES string of the molecule is COc1ncnc(OC)c1-n1c(C)nnc1[C@H]1COCCO1. The standard InChI is InChI=1S/C13H17N5O4/c1-8-16-17-11(9-6-21-4-5-22-9)18(8)10-12(19-2)14-7-15-13(10)20-3/h7,9H,4-6H2,1-3H3/t9-/m1/s1. The molecule has 0 radical (unpaired) electrons. The minimum atomic E-state index is -0.315. The van der Waals surface area contributed by atoms with Crippen molar-refractivity contribution in [3.8, 4) is 17.4 Å². The van der Waals surface area contributed by atoms with Gasteiger partial charge in [-0.2, -0.15) is 9.97 Å². The van der Waals surface area contributed by atoms with Crippen LogP contribution in [0.25, 0.3) is 5.69 Å². The van der Waals surface area contributed by atoms with Gasteiger partial charge in [-0.25, -0.2) is 0 Å². The van der Waals surface area contributed by atoms with Crippen molar-refractivity contribution in [2.24, 2.45) is 0 Å². The highest BCUT2D eigenvalue weighted by Crippen LogP contribution is 2.32. The second-order valence-corrected chi connectivity index (χ2v) is 4.62. The van der Waals surface area contributed by atoms with Gasteiger partial charge >= 0.3 is 0 Å². The maximum atomic E-state index is 5.72. The molecule has 22 heavy (non-hydrogen) atoms. The van der Waals surface area contributed by atoms with Gasteiger partial charge in [-0.3, -0.25) is 4.57 Å². The van der Waals surface area contributed by atoms with E-state index in [4.69, 9.17) is 18.9 Å². The first-order valence-corrected chi connectivity index (χ1v) is 6.81. The predicted molar refractivity (Wildman–Crippen MR) is 74.3 cm³/mol. The van der Waals surface area contributed by atoms with Gasteiger partial charge in [-0.1, -0.05) is 0 Å². The van der Waals surface area contributed by atoms with Crippen LogP contribution in [0.1, 0.15) is 17.8 Å². The zero-order chi connectivity index (χ0) is 15.5. The summed E-state index contributed by atoms with van der Waals surface area (Å²) in [5.74, 6) is 1.99. The van der Waals surface area contributed by atoms with Crippen LogP contribution in [0, 0.1) is 6.92 Å². The first-order valence-electron chi connectivity index (χ1n) is 6.81. The van der Waals surface area contributed by atoms with Crippen molar-refractivity contribution in [3.63, 3.8) is 0 Å². The average Bonchev–Trinajstić information content (AvgIpc) is 2.96. The summed E-state index contributed by atoms with van der Waals surface area (Å²) in [5.41, 5.74) is 0.541. The Hall–Kier alpha value is -2.26. The molecule has 0 saturated carbocycles. The monoisotopic (exact) mass is 307 g/mol. The normalized spacial score (nSPS) is 18.2. The lowest BCUT2D eigenvalue weighted by atomic mass is 10.3. The number of ether oxygens (including phenoxy) is 4. The molecule has 0 unspecified atom stereocenters. The fraction of sp³-hybridized carbons (Fsp3) is 0.538. The number of aryl methyl sites for hydroxylation is 1. The summed E-state index contributed by atoms with van der Waals surface area (Å²) in [6, 6.07) is 0. The Bertz CT molecular complexity index is 632. The maximum absolute atomic E-state index is 5.72. The third-order valence-corrected chi connectivity index (χ3v) is 3.32. The fourth-order valence-electron chi connectivity index (χ4n) is 2.34. The molecule has 3 rings (SSSR count). The molecule has 0 amide bonds. The summed E-state index contributed by atoms with van der Waals surface area (Å²) < 4.78 is 23.6. The van der Waals surface area contributed by atoms with E-state index in [9.17, 15) is 0 Å². The van der Waals surface area contributed by atoms with E-state index >= 15 is 0 Å². The van der Waals surface area contributed by atoms with Crippen LogP contribution < -0.4 is 9.47 Å². The molecule has 1 aliphatic heterocycles. The highest BCUT2D eigenvalue weighted by molar-refractivity contribution is 5.51. The van der Waals surface area contributed by atoms with Crippen molar-refractivity contribution in [1.82, 2.24) is 24.7 Å². The van der Waals surface area contributed by atoms with Crippen LogP contribution in [0.15, 0.2) is 6.33 Å². The van der Waals surface area contributed by atoms with E-state index < -0.39 is 0 Å². The van der Waals surface area contributed by atoms with Crippen molar-refractivity contribution in [2.75, 3.05) is 34.0 Å². The smallest absolute Gasteiger partial charge is 0.245 e. The number of rotatable bonds is 4. The van der Waals surface area contributed by atoms with Gasteiger partial charge in [0, 0.05) is 0 Å². The predicted octanol–water partition coefficient (Wildman–Crippen LogP) is 0.471. The first kappa shape index (κ1) is 14.7. The Morgan fingerprint density at radius 1 is 1.14 bits per heavy atom. The summed E-state index contributed by atoms with van der Waals surface area (Å²) >= 11 is 0. The van der Waals surface area contributed by atoms with Crippen molar-refractivity contribution < 1.29 is 18.9 Å². The van der Waals surface area contributed by atoms with E-state index in [1.807, 2.05) is 6.92 Å². The number of aromatic nitrogens is 5.